The highest BCUT2D eigenvalue weighted by Crippen LogP contribution is 2.24. The van der Waals surface area contributed by atoms with Gasteiger partial charge in [0, 0.05) is 23.4 Å². The second kappa shape index (κ2) is 6.20. The van der Waals surface area contributed by atoms with Crippen molar-refractivity contribution < 1.29 is 0 Å². The topological polar surface area (TPSA) is 38.9 Å². The van der Waals surface area contributed by atoms with Crippen molar-refractivity contribution >= 4 is 11.3 Å². The molecule has 1 heterocycles. The first kappa shape index (κ1) is 14.0. The number of aryl methyl sites for hydroxylation is 1. The van der Waals surface area contributed by atoms with Gasteiger partial charge in [0.25, 0.3) is 0 Å². The fraction of sp³-hybridized carbons (Fsp3) is 0.167. The zero-order chi connectivity index (χ0) is 14.7. The molecule has 2 N–H and O–H groups in total. The van der Waals surface area contributed by atoms with Crippen molar-refractivity contribution in [1.82, 2.24) is 4.98 Å². The van der Waals surface area contributed by atoms with Crippen LogP contribution < -0.4 is 5.73 Å². The van der Waals surface area contributed by atoms with Crippen LogP contribution in [-0.2, 0) is 6.42 Å². The maximum atomic E-state index is 6.29. The Labute approximate surface area is 129 Å². The molecular weight excluding hydrogens is 276 g/mol. The Morgan fingerprint density at radius 2 is 1.76 bits per heavy atom. The molecule has 2 nitrogen and oxygen atoms in total. The average Bonchev–Trinajstić information content (AvgIpc) is 2.97. The highest BCUT2D eigenvalue weighted by Gasteiger charge is 2.10. The van der Waals surface area contributed by atoms with Gasteiger partial charge in [-0.2, -0.15) is 0 Å². The first-order valence-corrected chi connectivity index (χ1v) is 7.92. The highest BCUT2D eigenvalue weighted by molar-refractivity contribution is 7.09. The number of hydrogen-bond donors (Lipinski definition) is 1. The van der Waals surface area contributed by atoms with Crippen LogP contribution in [0.4, 0.5) is 0 Å². The Morgan fingerprint density at radius 3 is 2.48 bits per heavy atom. The first-order chi connectivity index (χ1) is 10.2. The van der Waals surface area contributed by atoms with Gasteiger partial charge in [-0.15, -0.1) is 11.3 Å². The Kier molecular flexibility index (Phi) is 4.13. The number of nitrogens with two attached hydrogens (primary N) is 1. The van der Waals surface area contributed by atoms with E-state index >= 15 is 0 Å². The number of nitrogens with zero attached hydrogens (tertiary/aromatic N) is 1. The van der Waals surface area contributed by atoms with E-state index in [9.17, 15) is 0 Å². The summed E-state index contributed by atoms with van der Waals surface area (Å²) >= 11 is 1.68. The summed E-state index contributed by atoms with van der Waals surface area (Å²) in [4.78, 5) is 4.70. The lowest BCUT2D eigenvalue weighted by Crippen LogP contribution is -2.13. The van der Waals surface area contributed by atoms with Gasteiger partial charge in [-0.3, -0.25) is 0 Å². The molecule has 0 spiro atoms. The van der Waals surface area contributed by atoms with E-state index in [1.807, 2.05) is 18.2 Å². The molecule has 1 atom stereocenters. The number of hydrogen-bond acceptors (Lipinski definition) is 3. The van der Waals surface area contributed by atoms with Gasteiger partial charge in [0.1, 0.15) is 0 Å². The van der Waals surface area contributed by atoms with Crippen molar-refractivity contribution in [3.63, 3.8) is 0 Å². The van der Waals surface area contributed by atoms with E-state index < -0.39 is 0 Å². The summed E-state index contributed by atoms with van der Waals surface area (Å²) < 4.78 is 0. The van der Waals surface area contributed by atoms with E-state index in [1.54, 1.807) is 11.3 Å². The van der Waals surface area contributed by atoms with Crippen LogP contribution in [0.15, 0.2) is 60.0 Å². The molecular formula is C18H18N2S. The minimum atomic E-state index is 0.000346. The molecule has 0 radical (unpaired) electrons. The summed E-state index contributed by atoms with van der Waals surface area (Å²) in [5.74, 6) is 0. The molecule has 2 aromatic carbocycles. The molecule has 0 fully saturated rings. The van der Waals surface area contributed by atoms with Crippen LogP contribution in [0.3, 0.4) is 0 Å². The minimum Gasteiger partial charge on any atom is -0.324 e. The summed E-state index contributed by atoms with van der Waals surface area (Å²) in [6.07, 6.45) is 0.778. The monoisotopic (exact) mass is 294 g/mol. The van der Waals surface area contributed by atoms with E-state index in [-0.39, 0.29) is 6.04 Å². The largest absolute Gasteiger partial charge is 0.324 e. The Balaban J connectivity index is 1.74. The van der Waals surface area contributed by atoms with Crippen molar-refractivity contribution in [2.24, 2.45) is 5.73 Å². The average molecular weight is 294 g/mol. The molecule has 21 heavy (non-hydrogen) atoms. The zero-order valence-corrected chi connectivity index (χ0v) is 12.8. The van der Waals surface area contributed by atoms with Crippen LogP contribution >= 0.6 is 11.3 Å². The Morgan fingerprint density at radius 1 is 1.05 bits per heavy atom. The molecule has 1 unspecified atom stereocenters. The van der Waals surface area contributed by atoms with Crippen molar-refractivity contribution in [3.8, 4) is 11.3 Å². The van der Waals surface area contributed by atoms with E-state index in [0.29, 0.717) is 0 Å². The lowest BCUT2D eigenvalue weighted by atomic mass is 10.0. The first-order valence-electron chi connectivity index (χ1n) is 7.04. The van der Waals surface area contributed by atoms with Gasteiger partial charge >= 0.3 is 0 Å². The van der Waals surface area contributed by atoms with Gasteiger partial charge in [-0.05, 0) is 12.5 Å². The lowest BCUT2D eigenvalue weighted by Gasteiger charge is -2.10. The molecule has 0 saturated heterocycles. The van der Waals surface area contributed by atoms with Gasteiger partial charge < -0.3 is 5.73 Å². The standard InChI is InChI=1S/C18H18N2S/c1-13-7-9-14(10-8-13)16(19)11-18-20-17(12-21-18)15-5-3-2-4-6-15/h2-10,12,16H,11,19H2,1H3. The summed E-state index contributed by atoms with van der Waals surface area (Å²) in [7, 11) is 0. The zero-order valence-electron chi connectivity index (χ0n) is 12.0. The van der Waals surface area contributed by atoms with Crippen molar-refractivity contribution in [2.45, 2.75) is 19.4 Å². The normalized spacial score (nSPS) is 12.3. The third-order valence-electron chi connectivity index (χ3n) is 3.52. The fourth-order valence-electron chi connectivity index (χ4n) is 2.27. The third-order valence-corrected chi connectivity index (χ3v) is 4.39. The summed E-state index contributed by atoms with van der Waals surface area (Å²) in [5, 5.41) is 3.19. The second-order valence-electron chi connectivity index (χ2n) is 5.21. The van der Waals surface area contributed by atoms with Crippen LogP contribution in [-0.4, -0.2) is 4.98 Å². The van der Waals surface area contributed by atoms with Crippen LogP contribution in [0.1, 0.15) is 22.2 Å². The molecule has 1 aromatic heterocycles. The minimum absolute atomic E-state index is 0.000346. The van der Waals surface area contributed by atoms with E-state index in [0.717, 1.165) is 28.2 Å². The van der Waals surface area contributed by atoms with E-state index in [1.165, 1.54) is 5.56 Å². The van der Waals surface area contributed by atoms with Gasteiger partial charge in [0.05, 0.1) is 10.7 Å². The molecule has 0 aliphatic carbocycles. The number of aromatic nitrogens is 1. The third kappa shape index (κ3) is 3.38. The number of benzene rings is 2. The fourth-order valence-corrected chi connectivity index (χ4v) is 3.13. The van der Waals surface area contributed by atoms with Crippen LogP contribution in [0.5, 0.6) is 0 Å². The smallest absolute Gasteiger partial charge is 0.0951 e. The SMILES string of the molecule is Cc1ccc(C(N)Cc2nc(-c3ccccc3)cs2)cc1. The Hall–Kier alpha value is -1.97. The number of rotatable bonds is 4. The molecule has 0 amide bonds. The summed E-state index contributed by atoms with van der Waals surface area (Å²) in [5.41, 5.74) is 10.9. The van der Waals surface area contributed by atoms with Crippen molar-refractivity contribution in [3.05, 3.63) is 76.1 Å². The van der Waals surface area contributed by atoms with Crippen molar-refractivity contribution in [1.29, 1.82) is 0 Å². The molecule has 3 aromatic rings. The molecule has 3 heteroatoms. The van der Waals surface area contributed by atoms with E-state index in [4.69, 9.17) is 10.7 Å². The lowest BCUT2D eigenvalue weighted by molar-refractivity contribution is 0.718. The van der Waals surface area contributed by atoms with Gasteiger partial charge in [0.15, 0.2) is 0 Å². The second-order valence-corrected chi connectivity index (χ2v) is 6.16. The predicted octanol–water partition coefficient (Wildman–Crippen LogP) is 4.36. The van der Waals surface area contributed by atoms with Crippen LogP contribution in [0.25, 0.3) is 11.3 Å². The predicted molar refractivity (Wildman–Crippen MR) is 89.4 cm³/mol. The molecule has 0 bridgehead atoms. The van der Waals surface area contributed by atoms with Gasteiger partial charge in [-0.1, -0.05) is 60.2 Å². The maximum absolute atomic E-state index is 6.29. The molecule has 0 aliphatic heterocycles. The highest BCUT2D eigenvalue weighted by atomic mass is 32.1. The van der Waals surface area contributed by atoms with Gasteiger partial charge in [0.2, 0.25) is 0 Å². The van der Waals surface area contributed by atoms with Crippen molar-refractivity contribution in [2.75, 3.05) is 0 Å². The molecule has 106 valence electrons. The Bertz CT molecular complexity index is 702. The molecule has 0 saturated carbocycles. The van der Waals surface area contributed by atoms with E-state index in [2.05, 4.69) is 48.7 Å². The van der Waals surface area contributed by atoms with Gasteiger partial charge in [-0.25, -0.2) is 4.98 Å². The summed E-state index contributed by atoms with van der Waals surface area (Å²) in [6.45, 7) is 2.09. The van der Waals surface area contributed by atoms with Crippen LogP contribution in [0, 0.1) is 6.92 Å². The maximum Gasteiger partial charge on any atom is 0.0951 e. The molecule has 0 aliphatic rings. The quantitative estimate of drug-likeness (QED) is 0.776. The molecule has 3 rings (SSSR count). The van der Waals surface area contributed by atoms with Crippen LogP contribution in [0.2, 0.25) is 0 Å². The summed E-state index contributed by atoms with van der Waals surface area (Å²) in [6, 6.07) is 18.7. The number of thiazole rings is 1.